The van der Waals surface area contributed by atoms with Gasteiger partial charge in [0, 0.05) is 38.8 Å². The molecule has 0 radical (unpaired) electrons. The van der Waals surface area contributed by atoms with Crippen LogP contribution in [-0.4, -0.2) is 60.5 Å². The third-order valence-electron chi connectivity index (χ3n) is 3.83. The topological polar surface area (TPSA) is 35.6 Å². The predicted octanol–water partition coefficient (Wildman–Crippen LogP) is 0.291. The fraction of sp³-hybridized carbons (Fsp3) is 0.917. The van der Waals surface area contributed by atoms with Gasteiger partial charge in [-0.05, 0) is 26.7 Å². The molecule has 0 saturated carbocycles. The van der Waals surface area contributed by atoms with Crippen molar-refractivity contribution in [2.24, 2.45) is 0 Å². The quantitative estimate of drug-likeness (QED) is 0.734. The molecule has 0 aromatic rings. The Morgan fingerprint density at radius 2 is 2.00 bits per heavy atom. The van der Waals surface area contributed by atoms with Crippen LogP contribution in [0.2, 0.25) is 0 Å². The van der Waals surface area contributed by atoms with Gasteiger partial charge in [0.25, 0.3) is 0 Å². The molecule has 0 bridgehead atoms. The second-order valence-corrected chi connectivity index (χ2v) is 5.00. The summed E-state index contributed by atoms with van der Waals surface area (Å²) in [5.41, 5.74) is 0. The van der Waals surface area contributed by atoms with Gasteiger partial charge in [-0.1, -0.05) is 0 Å². The highest BCUT2D eigenvalue weighted by atomic mass is 16.2. The van der Waals surface area contributed by atoms with E-state index in [1.807, 2.05) is 4.90 Å². The van der Waals surface area contributed by atoms with Gasteiger partial charge in [0.05, 0.1) is 6.04 Å². The van der Waals surface area contributed by atoms with Crippen molar-refractivity contribution in [2.45, 2.75) is 38.8 Å². The average molecular weight is 225 g/mol. The SMILES string of the molecule is CC1CNCCN1C(C)C(=O)N1CCCC1. The minimum absolute atomic E-state index is 0.0511. The van der Waals surface area contributed by atoms with Gasteiger partial charge in [-0.25, -0.2) is 0 Å². The summed E-state index contributed by atoms with van der Waals surface area (Å²) in [5.74, 6) is 0.325. The van der Waals surface area contributed by atoms with Crippen molar-refractivity contribution in [3.63, 3.8) is 0 Å². The van der Waals surface area contributed by atoms with Crippen LogP contribution in [0.3, 0.4) is 0 Å². The Kier molecular flexibility index (Phi) is 3.82. The number of amides is 1. The molecule has 0 aliphatic carbocycles. The Morgan fingerprint density at radius 1 is 1.31 bits per heavy atom. The molecule has 1 amide bonds. The predicted molar refractivity (Wildman–Crippen MR) is 64.3 cm³/mol. The first-order valence-electron chi connectivity index (χ1n) is 6.45. The summed E-state index contributed by atoms with van der Waals surface area (Å²) in [6, 6.07) is 0.519. The van der Waals surface area contributed by atoms with Gasteiger partial charge in [0.15, 0.2) is 0 Å². The number of carbonyl (C=O) groups excluding carboxylic acids is 1. The summed E-state index contributed by atoms with van der Waals surface area (Å²) in [6.45, 7) is 9.16. The Hall–Kier alpha value is -0.610. The lowest BCUT2D eigenvalue weighted by atomic mass is 10.1. The van der Waals surface area contributed by atoms with E-state index >= 15 is 0 Å². The molecule has 2 fully saturated rings. The summed E-state index contributed by atoms with van der Waals surface area (Å²) in [5, 5.41) is 3.36. The fourth-order valence-electron chi connectivity index (χ4n) is 2.78. The molecular formula is C12H23N3O. The molecule has 4 nitrogen and oxygen atoms in total. The third kappa shape index (κ3) is 2.38. The van der Waals surface area contributed by atoms with Crippen molar-refractivity contribution < 1.29 is 4.79 Å². The van der Waals surface area contributed by atoms with E-state index < -0.39 is 0 Å². The molecular weight excluding hydrogens is 202 g/mol. The van der Waals surface area contributed by atoms with E-state index in [2.05, 4.69) is 24.1 Å². The average Bonchev–Trinajstić information content (AvgIpc) is 2.81. The van der Waals surface area contributed by atoms with Crippen LogP contribution >= 0.6 is 0 Å². The Bertz CT molecular complexity index is 251. The molecule has 2 aliphatic heterocycles. The van der Waals surface area contributed by atoms with Gasteiger partial charge in [0.2, 0.25) is 5.91 Å². The highest BCUT2D eigenvalue weighted by molar-refractivity contribution is 5.81. The molecule has 92 valence electrons. The summed E-state index contributed by atoms with van der Waals surface area (Å²) in [7, 11) is 0. The van der Waals surface area contributed by atoms with Gasteiger partial charge in [-0.15, -0.1) is 0 Å². The van der Waals surface area contributed by atoms with Gasteiger partial charge in [-0.2, -0.15) is 0 Å². The number of likely N-dealkylation sites (tertiary alicyclic amines) is 1. The van der Waals surface area contributed by atoms with Crippen LogP contribution in [0.5, 0.6) is 0 Å². The standard InChI is InChI=1S/C12H23N3O/c1-10-9-13-5-8-15(10)11(2)12(16)14-6-3-4-7-14/h10-11,13H,3-9H2,1-2H3. The van der Waals surface area contributed by atoms with E-state index in [-0.39, 0.29) is 6.04 Å². The lowest BCUT2D eigenvalue weighted by molar-refractivity contribution is -0.136. The molecule has 0 aromatic heterocycles. The first-order valence-corrected chi connectivity index (χ1v) is 6.45. The van der Waals surface area contributed by atoms with E-state index in [9.17, 15) is 4.79 Å². The van der Waals surface area contributed by atoms with Crippen molar-refractivity contribution in [2.75, 3.05) is 32.7 Å². The highest BCUT2D eigenvalue weighted by Gasteiger charge is 2.31. The number of piperazine rings is 1. The number of carbonyl (C=O) groups is 1. The second-order valence-electron chi connectivity index (χ2n) is 5.00. The van der Waals surface area contributed by atoms with Crippen LogP contribution in [0, 0.1) is 0 Å². The van der Waals surface area contributed by atoms with Crippen LogP contribution in [0.15, 0.2) is 0 Å². The maximum atomic E-state index is 12.3. The molecule has 2 rings (SSSR count). The van der Waals surface area contributed by atoms with Crippen molar-refractivity contribution in [3.05, 3.63) is 0 Å². The van der Waals surface area contributed by atoms with Crippen LogP contribution < -0.4 is 5.32 Å². The van der Waals surface area contributed by atoms with Crippen LogP contribution in [0.1, 0.15) is 26.7 Å². The van der Waals surface area contributed by atoms with Gasteiger partial charge in [-0.3, -0.25) is 9.69 Å². The summed E-state index contributed by atoms with van der Waals surface area (Å²) in [4.78, 5) is 16.6. The van der Waals surface area contributed by atoms with Crippen molar-refractivity contribution in [1.82, 2.24) is 15.1 Å². The van der Waals surface area contributed by atoms with Gasteiger partial charge in [0.1, 0.15) is 0 Å². The lowest BCUT2D eigenvalue weighted by Gasteiger charge is -2.38. The zero-order chi connectivity index (χ0) is 11.5. The first kappa shape index (κ1) is 11.9. The first-order chi connectivity index (χ1) is 7.70. The summed E-state index contributed by atoms with van der Waals surface area (Å²) >= 11 is 0. The van der Waals surface area contributed by atoms with Crippen LogP contribution in [0.4, 0.5) is 0 Å². The smallest absolute Gasteiger partial charge is 0.239 e. The molecule has 16 heavy (non-hydrogen) atoms. The van der Waals surface area contributed by atoms with Crippen molar-refractivity contribution in [1.29, 1.82) is 0 Å². The molecule has 2 heterocycles. The van der Waals surface area contributed by atoms with Crippen molar-refractivity contribution in [3.8, 4) is 0 Å². The molecule has 2 aliphatic rings. The van der Waals surface area contributed by atoms with E-state index in [0.717, 1.165) is 32.7 Å². The maximum Gasteiger partial charge on any atom is 0.239 e. The second kappa shape index (κ2) is 5.15. The zero-order valence-electron chi connectivity index (χ0n) is 10.4. The van der Waals surface area contributed by atoms with Crippen LogP contribution in [0.25, 0.3) is 0 Å². The van der Waals surface area contributed by atoms with Gasteiger partial charge < -0.3 is 10.2 Å². The van der Waals surface area contributed by atoms with E-state index in [1.165, 1.54) is 12.8 Å². The Labute approximate surface area is 98.0 Å². The molecule has 2 atom stereocenters. The molecule has 4 heteroatoms. The van der Waals surface area contributed by atoms with E-state index in [1.54, 1.807) is 0 Å². The minimum Gasteiger partial charge on any atom is -0.341 e. The fourth-order valence-corrected chi connectivity index (χ4v) is 2.78. The number of hydrogen-bond donors (Lipinski definition) is 1. The number of nitrogens with zero attached hydrogens (tertiary/aromatic N) is 2. The normalized spacial score (nSPS) is 29.4. The number of rotatable bonds is 2. The molecule has 0 spiro atoms. The Morgan fingerprint density at radius 3 is 2.62 bits per heavy atom. The van der Waals surface area contributed by atoms with Crippen LogP contribution in [-0.2, 0) is 4.79 Å². The zero-order valence-corrected chi connectivity index (χ0v) is 10.4. The van der Waals surface area contributed by atoms with E-state index in [4.69, 9.17) is 0 Å². The number of nitrogens with one attached hydrogen (secondary N) is 1. The highest BCUT2D eigenvalue weighted by Crippen LogP contribution is 2.14. The maximum absolute atomic E-state index is 12.3. The number of hydrogen-bond acceptors (Lipinski definition) is 3. The van der Waals surface area contributed by atoms with E-state index in [0.29, 0.717) is 11.9 Å². The molecule has 0 aromatic carbocycles. The minimum atomic E-state index is 0.0511. The van der Waals surface area contributed by atoms with Crippen molar-refractivity contribution >= 4 is 5.91 Å². The van der Waals surface area contributed by atoms with Gasteiger partial charge >= 0.3 is 0 Å². The third-order valence-corrected chi connectivity index (χ3v) is 3.83. The molecule has 2 unspecified atom stereocenters. The lowest BCUT2D eigenvalue weighted by Crippen LogP contribution is -2.57. The summed E-state index contributed by atoms with van der Waals surface area (Å²) < 4.78 is 0. The monoisotopic (exact) mass is 225 g/mol. The summed E-state index contributed by atoms with van der Waals surface area (Å²) in [6.07, 6.45) is 2.35. The Balaban J connectivity index is 1.94. The molecule has 2 saturated heterocycles. The molecule has 1 N–H and O–H groups in total. The largest absolute Gasteiger partial charge is 0.341 e.